The second-order valence-electron chi connectivity index (χ2n) is 10.3. The number of halogens is 2. The molecule has 2 bridgehead atoms. The molecule has 2 unspecified atom stereocenters. The molecule has 1 amide bonds. The van der Waals surface area contributed by atoms with Crippen molar-refractivity contribution in [1.82, 2.24) is 20.4 Å². The summed E-state index contributed by atoms with van der Waals surface area (Å²) >= 11 is 0. The van der Waals surface area contributed by atoms with Crippen LogP contribution in [0.5, 0.6) is 0 Å². The van der Waals surface area contributed by atoms with Gasteiger partial charge in [0.15, 0.2) is 0 Å². The van der Waals surface area contributed by atoms with E-state index in [0.29, 0.717) is 6.04 Å². The van der Waals surface area contributed by atoms with Gasteiger partial charge in [0.2, 0.25) is 11.7 Å². The van der Waals surface area contributed by atoms with E-state index < -0.39 is 11.7 Å². The Hall–Kier alpha value is -1.77. The van der Waals surface area contributed by atoms with Gasteiger partial charge in [-0.2, -0.15) is 13.8 Å². The van der Waals surface area contributed by atoms with Gasteiger partial charge < -0.3 is 19.6 Å². The van der Waals surface area contributed by atoms with Gasteiger partial charge in [0.05, 0.1) is 0 Å². The monoisotopic (exact) mass is 425 g/mol. The fourth-order valence-electron chi connectivity index (χ4n) is 5.26. The fourth-order valence-corrected chi connectivity index (χ4v) is 5.26. The Morgan fingerprint density at radius 3 is 2.13 bits per heavy atom. The van der Waals surface area contributed by atoms with Crippen LogP contribution in [-0.4, -0.2) is 57.7 Å². The van der Waals surface area contributed by atoms with Crippen molar-refractivity contribution < 1.29 is 18.1 Å². The van der Waals surface area contributed by atoms with Crippen molar-refractivity contribution in [3.63, 3.8) is 0 Å². The van der Waals surface area contributed by atoms with Crippen LogP contribution in [-0.2, 0) is 10.7 Å². The molecule has 3 fully saturated rings. The maximum Gasteiger partial charge on any atom is 0.324 e. The van der Waals surface area contributed by atoms with Gasteiger partial charge in [-0.25, -0.2) is 0 Å². The average Bonchev–Trinajstić information content (AvgIpc) is 3.22. The topological polar surface area (TPSA) is 74.5 Å². The molecule has 3 aliphatic rings. The largest absolute Gasteiger partial charge is 0.351 e. The van der Waals surface area contributed by atoms with Crippen molar-refractivity contribution >= 4 is 11.9 Å². The summed E-state index contributed by atoms with van der Waals surface area (Å²) in [5.41, 5.74) is -0.198. The predicted octanol–water partition coefficient (Wildman–Crippen LogP) is 3.31. The molecule has 0 radical (unpaired) electrons. The molecule has 1 aromatic rings. The number of hydrogen-bond donors (Lipinski definition) is 1. The smallest absolute Gasteiger partial charge is 0.324 e. The maximum absolute atomic E-state index is 13.5. The van der Waals surface area contributed by atoms with Crippen LogP contribution in [0.3, 0.4) is 0 Å². The zero-order valence-electron chi connectivity index (χ0n) is 18.3. The van der Waals surface area contributed by atoms with Gasteiger partial charge in [-0.15, -0.1) is 0 Å². The molecule has 4 heterocycles. The standard InChI is InChI=1S/C21H33F2N5O2/c1-20(2,3)25-17(29)13-7-9-27(10-8-13)16-11-14-5-6-15(12-16)28(14)19-24-18(26-30-19)21(4,22)23/h13-16H,5-12H2,1-4H3,(H,25,29). The molecule has 0 saturated carbocycles. The quantitative estimate of drug-likeness (QED) is 0.798. The van der Waals surface area contributed by atoms with Crippen molar-refractivity contribution in [1.29, 1.82) is 0 Å². The first kappa shape index (κ1) is 21.5. The lowest BCUT2D eigenvalue weighted by atomic mass is 9.90. The summed E-state index contributed by atoms with van der Waals surface area (Å²) in [6.07, 6.45) is 5.75. The molecule has 4 rings (SSSR count). The Kier molecular flexibility index (Phi) is 5.53. The van der Waals surface area contributed by atoms with Crippen LogP contribution in [0, 0.1) is 5.92 Å². The normalized spacial score (nSPS) is 28.7. The first-order chi connectivity index (χ1) is 14.0. The van der Waals surface area contributed by atoms with Crippen molar-refractivity contribution in [2.45, 2.75) is 95.8 Å². The molecule has 9 heteroatoms. The van der Waals surface area contributed by atoms with Crippen LogP contribution < -0.4 is 10.2 Å². The van der Waals surface area contributed by atoms with Crippen LogP contribution in [0.1, 0.15) is 72.0 Å². The third-order valence-electron chi connectivity index (χ3n) is 6.65. The van der Waals surface area contributed by atoms with Gasteiger partial charge in [-0.1, -0.05) is 5.16 Å². The zero-order chi connectivity index (χ0) is 21.7. The average molecular weight is 426 g/mol. The number of fused-ring (bicyclic) bond motifs is 2. The molecule has 3 aliphatic heterocycles. The highest BCUT2D eigenvalue weighted by molar-refractivity contribution is 5.79. The molecule has 0 aliphatic carbocycles. The van der Waals surface area contributed by atoms with Gasteiger partial charge in [0, 0.05) is 36.5 Å². The summed E-state index contributed by atoms with van der Waals surface area (Å²) in [5, 5.41) is 6.60. The molecule has 168 valence electrons. The highest BCUT2D eigenvalue weighted by Gasteiger charge is 2.46. The van der Waals surface area contributed by atoms with Gasteiger partial charge in [0.25, 0.3) is 0 Å². The minimum absolute atomic E-state index is 0.0878. The van der Waals surface area contributed by atoms with Crippen molar-refractivity contribution in [3.8, 4) is 0 Å². The van der Waals surface area contributed by atoms with E-state index in [1.165, 1.54) is 0 Å². The molecule has 30 heavy (non-hydrogen) atoms. The maximum atomic E-state index is 13.5. The number of aromatic nitrogens is 2. The molecule has 0 spiro atoms. The third-order valence-corrected chi connectivity index (χ3v) is 6.65. The number of piperidine rings is 2. The van der Waals surface area contributed by atoms with E-state index in [2.05, 4.69) is 25.3 Å². The molecular weight excluding hydrogens is 392 g/mol. The molecule has 7 nitrogen and oxygen atoms in total. The molecule has 1 aromatic heterocycles. The number of amides is 1. The number of nitrogens with one attached hydrogen (secondary N) is 1. The van der Waals surface area contributed by atoms with E-state index in [4.69, 9.17) is 4.52 Å². The lowest BCUT2D eigenvalue weighted by Gasteiger charge is -2.44. The van der Waals surface area contributed by atoms with E-state index in [1.807, 2.05) is 20.8 Å². The predicted molar refractivity (Wildman–Crippen MR) is 108 cm³/mol. The first-order valence-electron chi connectivity index (χ1n) is 11.1. The molecular formula is C21H33F2N5O2. The number of anilines is 1. The second-order valence-corrected chi connectivity index (χ2v) is 10.3. The number of carbonyl (C=O) groups excluding carboxylic acids is 1. The summed E-state index contributed by atoms with van der Waals surface area (Å²) in [4.78, 5) is 21.0. The second kappa shape index (κ2) is 7.73. The van der Waals surface area contributed by atoms with E-state index >= 15 is 0 Å². The van der Waals surface area contributed by atoms with Crippen molar-refractivity contribution in [2.75, 3.05) is 18.0 Å². The zero-order valence-corrected chi connectivity index (χ0v) is 18.3. The summed E-state index contributed by atoms with van der Waals surface area (Å²) in [5.74, 6) is -3.39. The van der Waals surface area contributed by atoms with E-state index in [9.17, 15) is 13.6 Å². The molecule has 1 N–H and O–H groups in total. The number of alkyl halides is 2. The van der Waals surface area contributed by atoms with Gasteiger partial charge in [-0.3, -0.25) is 4.79 Å². The highest BCUT2D eigenvalue weighted by Crippen LogP contribution is 2.41. The lowest BCUT2D eigenvalue weighted by Crippen LogP contribution is -2.53. The Balaban J connectivity index is 1.34. The fraction of sp³-hybridized carbons (Fsp3) is 0.857. The summed E-state index contributed by atoms with van der Waals surface area (Å²) in [7, 11) is 0. The van der Waals surface area contributed by atoms with Crippen molar-refractivity contribution in [3.05, 3.63) is 5.82 Å². The van der Waals surface area contributed by atoms with Crippen molar-refractivity contribution in [2.24, 2.45) is 5.92 Å². The minimum Gasteiger partial charge on any atom is -0.351 e. The SMILES string of the molecule is CC(C)(C)NC(=O)C1CCN(C2CC3CCC(C2)N3c2nc(C(C)(F)F)no2)CC1. The Labute approximate surface area is 176 Å². The third kappa shape index (κ3) is 4.45. The van der Waals surface area contributed by atoms with E-state index in [1.54, 1.807) is 0 Å². The van der Waals surface area contributed by atoms with Crippen LogP contribution in [0.4, 0.5) is 14.8 Å². The Morgan fingerprint density at radius 1 is 1.03 bits per heavy atom. The highest BCUT2D eigenvalue weighted by atomic mass is 19.3. The molecule has 0 aromatic carbocycles. The molecule has 3 saturated heterocycles. The van der Waals surface area contributed by atoms with Crippen LogP contribution in [0.25, 0.3) is 0 Å². The summed E-state index contributed by atoms with van der Waals surface area (Å²) in [6, 6.07) is 1.18. The minimum atomic E-state index is -3.09. The number of carbonyl (C=O) groups is 1. The number of rotatable bonds is 4. The van der Waals surface area contributed by atoms with E-state index in [0.717, 1.165) is 58.5 Å². The van der Waals surface area contributed by atoms with Gasteiger partial charge >= 0.3 is 11.9 Å². The van der Waals surface area contributed by atoms with Crippen LogP contribution in [0.15, 0.2) is 4.52 Å². The lowest BCUT2D eigenvalue weighted by molar-refractivity contribution is -0.128. The van der Waals surface area contributed by atoms with Gasteiger partial charge in [-0.05, 0) is 72.4 Å². The summed E-state index contributed by atoms with van der Waals surface area (Å²) < 4.78 is 32.2. The van der Waals surface area contributed by atoms with Crippen LogP contribution in [0.2, 0.25) is 0 Å². The van der Waals surface area contributed by atoms with Gasteiger partial charge in [0.1, 0.15) is 0 Å². The first-order valence-corrected chi connectivity index (χ1v) is 11.1. The number of nitrogens with zero attached hydrogens (tertiary/aromatic N) is 4. The Bertz CT molecular complexity index is 750. The molecule has 2 atom stereocenters. The number of hydrogen-bond acceptors (Lipinski definition) is 6. The van der Waals surface area contributed by atoms with E-state index in [-0.39, 0.29) is 35.5 Å². The number of likely N-dealkylation sites (tertiary alicyclic amines) is 1. The Morgan fingerprint density at radius 2 is 1.63 bits per heavy atom. The summed E-state index contributed by atoms with van der Waals surface area (Å²) in [6.45, 7) is 8.68. The van der Waals surface area contributed by atoms with Crippen LogP contribution >= 0.6 is 0 Å².